The molecule has 0 bridgehead atoms. The van der Waals surface area contributed by atoms with Gasteiger partial charge in [-0.15, -0.1) is 0 Å². The zero-order valence-corrected chi connectivity index (χ0v) is 14.8. The molecule has 2 heterocycles. The minimum absolute atomic E-state index is 0.224. The molecular weight excluding hydrogens is 476 g/mol. The van der Waals surface area contributed by atoms with E-state index in [9.17, 15) is 9.59 Å². The van der Waals surface area contributed by atoms with Crippen LogP contribution in [0.15, 0.2) is 11.0 Å². The third-order valence-electron chi connectivity index (χ3n) is 2.23. The molecule has 2 rings (SSSR count). The molecule has 0 unspecified atom stereocenters. The smallest absolute Gasteiger partial charge is 0.421 e. The summed E-state index contributed by atoms with van der Waals surface area (Å²) in [5.74, 6) is 0. The SMILES string of the molecule is CC(C)(C)OC(=O)n1c(I)c(I)c2c(=O)cn[nH]c21. The van der Waals surface area contributed by atoms with Crippen LogP contribution in [0.3, 0.4) is 0 Å². The summed E-state index contributed by atoms with van der Waals surface area (Å²) in [7, 11) is 0. The van der Waals surface area contributed by atoms with Gasteiger partial charge in [0.15, 0.2) is 0 Å². The molecule has 2 aromatic rings. The van der Waals surface area contributed by atoms with E-state index in [4.69, 9.17) is 4.74 Å². The van der Waals surface area contributed by atoms with Crippen LogP contribution in [0.2, 0.25) is 0 Å². The van der Waals surface area contributed by atoms with Gasteiger partial charge >= 0.3 is 6.09 Å². The topological polar surface area (TPSA) is 77.0 Å². The Labute approximate surface area is 136 Å². The number of H-pyrrole nitrogens is 1. The number of carbonyl (C=O) groups is 1. The van der Waals surface area contributed by atoms with E-state index in [2.05, 4.69) is 10.2 Å². The number of carbonyl (C=O) groups excluding carboxylic acids is 1. The van der Waals surface area contributed by atoms with Crippen molar-refractivity contribution in [1.29, 1.82) is 0 Å². The molecule has 0 saturated heterocycles. The first-order chi connectivity index (χ1) is 8.72. The van der Waals surface area contributed by atoms with Gasteiger partial charge in [-0.25, -0.2) is 9.36 Å². The van der Waals surface area contributed by atoms with Gasteiger partial charge in [0, 0.05) is 0 Å². The van der Waals surface area contributed by atoms with Gasteiger partial charge < -0.3 is 4.74 Å². The van der Waals surface area contributed by atoms with Crippen molar-refractivity contribution < 1.29 is 9.53 Å². The average molecular weight is 487 g/mol. The fraction of sp³-hybridized carbons (Fsp3) is 0.364. The fourth-order valence-electron chi connectivity index (χ4n) is 1.54. The first kappa shape index (κ1) is 14.8. The largest absolute Gasteiger partial charge is 0.443 e. The summed E-state index contributed by atoms with van der Waals surface area (Å²) in [5.41, 5.74) is -0.473. The summed E-state index contributed by atoms with van der Waals surface area (Å²) in [4.78, 5) is 24.0. The second kappa shape index (κ2) is 5.04. The van der Waals surface area contributed by atoms with Gasteiger partial charge in [-0.3, -0.25) is 9.89 Å². The molecule has 2 aromatic heterocycles. The van der Waals surface area contributed by atoms with Gasteiger partial charge in [-0.1, -0.05) is 0 Å². The second-order valence-electron chi connectivity index (χ2n) is 4.88. The molecule has 0 amide bonds. The molecule has 1 N–H and O–H groups in total. The molecule has 0 aromatic carbocycles. The van der Waals surface area contributed by atoms with E-state index in [1.807, 2.05) is 45.2 Å². The standard InChI is InChI=1S/C11H11I2N3O3/c1-11(2,3)19-10(18)16-8(13)7(12)6-5(17)4-14-15-9(6)16/h4H,1-3H3,(H,15,17). The lowest BCUT2D eigenvalue weighted by Gasteiger charge is -2.20. The van der Waals surface area contributed by atoms with E-state index in [0.29, 0.717) is 18.3 Å². The molecule has 0 fully saturated rings. The Morgan fingerprint density at radius 3 is 2.63 bits per heavy atom. The third-order valence-corrected chi connectivity index (χ3v) is 5.34. The number of aromatic amines is 1. The van der Waals surface area contributed by atoms with Crippen LogP contribution < -0.4 is 5.43 Å². The van der Waals surface area contributed by atoms with Crippen LogP contribution in [0.25, 0.3) is 11.0 Å². The van der Waals surface area contributed by atoms with E-state index in [1.165, 1.54) is 10.8 Å². The Hall–Kier alpha value is -0.650. The molecule has 6 nitrogen and oxygen atoms in total. The number of nitrogens with one attached hydrogen (secondary N) is 1. The van der Waals surface area contributed by atoms with Crippen molar-refractivity contribution in [3.05, 3.63) is 23.7 Å². The maximum atomic E-state index is 12.2. The molecule has 0 radical (unpaired) electrons. The quantitative estimate of drug-likeness (QED) is 0.581. The van der Waals surface area contributed by atoms with Crippen LogP contribution in [0.1, 0.15) is 20.8 Å². The zero-order chi connectivity index (χ0) is 14.4. The minimum atomic E-state index is -0.606. The highest BCUT2D eigenvalue weighted by molar-refractivity contribution is 14.1. The number of rotatable bonds is 0. The van der Waals surface area contributed by atoms with Gasteiger partial charge in [0.05, 0.1) is 15.2 Å². The summed E-state index contributed by atoms with van der Waals surface area (Å²) >= 11 is 4.05. The van der Waals surface area contributed by atoms with E-state index in [1.54, 1.807) is 20.8 Å². The van der Waals surface area contributed by atoms with Crippen LogP contribution in [0, 0.1) is 7.27 Å². The Balaban J connectivity index is 2.68. The monoisotopic (exact) mass is 487 g/mol. The normalized spacial score (nSPS) is 11.8. The Kier molecular flexibility index (Phi) is 3.91. The highest BCUT2D eigenvalue weighted by Gasteiger charge is 2.25. The number of hydrogen-bond acceptors (Lipinski definition) is 4. The lowest BCUT2D eigenvalue weighted by atomic mass is 10.2. The summed E-state index contributed by atoms with van der Waals surface area (Å²) in [6.45, 7) is 5.36. The Morgan fingerprint density at radius 1 is 1.42 bits per heavy atom. The molecule has 0 saturated carbocycles. The van der Waals surface area contributed by atoms with Crippen molar-refractivity contribution in [3.8, 4) is 0 Å². The van der Waals surface area contributed by atoms with E-state index < -0.39 is 11.7 Å². The molecule has 0 atom stereocenters. The average Bonchev–Trinajstić information content (AvgIpc) is 2.50. The Bertz CT molecular complexity index is 712. The maximum Gasteiger partial charge on any atom is 0.421 e. The molecule has 0 aliphatic heterocycles. The summed E-state index contributed by atoms with van der Waals surface area (Å²) in [6, 6.07) is 0. The van der Waals surface area contributed by atoms with E-state index in [0.717, 1.165) is 0 Å². The van der Waals surface area contributed by atoms with E-state index in [-0.39, 0.29) is 5.43 Å². The van der Waals surface area contributed by atoms with E-state index >= 15 is 0 Å². The fourth-order valence-corrected chi connectivity index (χ4v) is 3.01. The summed E-state index contributed by atoms with van der Waals surface area (Å²) in [6.07, 6.45) is 0.661. The van der Waals surface area contributed by atoms with Crippen LogP contribution in [0.4, 0.5) is 4.79 Å². The summed E-state index contributed by atoms with van der Waals surface area (Å²) < 4.78 is 8.00. The van der Waals surface area contributed by atoms with Crippen molar-refractivity contribution in [2.24, 2.45) is 0 Å². The summed E-state index contributed by atoms with van der Waals surface area (Å²) in [5, 5.41) is 6.87. The van der Waals surface area contributed by atoms with Crippen LogP contribution in [0.5, 0.6) is 0 Å². The van der Waals surface area contributed by atoms with Gasteiger partial charge in [-0.2, -0.15) is 5.10 Å². The zero-order valence-electron chi connectivity index (χ0n) is 10.5. The van der Waals surface area contributed by atoms with Crippen molar-refractivity contribution in [3.63, 3.8) is 0 Å². The highest BCUT2D eigenvalue weighted by atomic mass is 127. The number of aromatic nitrogens is 3. The number of halogens is 2. The predicted octanol–water partition coefficient (Wildman–Crippen LogP) is 2.72. The molecule has 19 heavy (non-hydrogen) atoms. The molecule has 0 aliphatic carbocycles. The van der Waals surface area contributed by atoms with Gasteiger partial charge in [0.2, 0.25) is 5.43 Å². The number of nitrogens with zero attached hydrogens (tertiary/aromatic N) is 2. The second-order valence-corrected chi connectivity index (χ2v) is 6.98. The third kappa shape index (κ3) is 2.78. The van der Waals surface area contributed by atoms with Crippen LogP contribution in [-0.2, 0) is 4.74 Å². The molecule has 0 spiro atoms. The molecular formula is C11H11I2N3O3. The molecule has 102 valence electrons. The lowest BCUT2D eigenvalue weighted by Crippen LogP contribution is -2.28. The Morgan fingerprint density at radius 2 is 2.05 bits per heavy atom. The molecule has 0 aliphatic rings. The van der Waals surface area contributed by atoms with Crippen molar-refractivity contribution in [1.82, 2.24) is 14.8 Å². The lowest BCUT2D eigenvalue weighted by molar-refractivity contribution is 0.0539. The van der Waals surface area contributed by atoms with Gasteiger partial charge in [-0.05, 0) is 66.0 Å². The van der Waals surface area contributed by atoms with Crippen molar-refractivity contribution in [2.75, 3.05) is 0 Å². The molecule has 8 heteroatoms. The number of ether oxygens (including phenoxy) is 1. The van der Waals surface area contributed by atoms with Gasteiger partial charge in [0.25, 0.3) is 0 Å². The minimum Gasteiger partial charge on any atom is -0.443 e. The van der Waals surface area contributed by atoms with Crippen LogP contribution >= 0.6 is 45.2 Å². The first-order valence-electron chi connectivity index (χ1n) is 5.39. The van der Waals surface area contributed by atoms with Crippen molar-refractivity contribution >= 4 is 62.3 Å². The maximum absolute atomic E-state index is 12.2. The number of fused-ring (bicyclic) bond motifs is 1. The first-order valence-corrected chi connectivity index (χ1v) is 7.54. The predicted molar refractivity (Wildman–Crippen MR) is 87.4 cm³/mol. The highest BCUT2D eigenvalue weighted by Crippen LogP contribution is 2.26. The number of hydrogen-bond donors (Lipinski definition) is 1. The van der Waals surface area contributed by atoms with Crippen molar-refractivity contribution in [2.45, 2.75) is 26.4 Å². The van der Waals surface area contributed by atoms with Gasteiger partial charge in [0.1, 0.15) is 14.9 Å². The van der Waals surface area contributed by atoms with Crippen LogP contribution in [-0.4, -0.2) is 26.5 Å².